The van der Waals surface area contributed by atoms with Crippen molar-refractivity contribution < 1.29 is 8.83 Å². The minimum absolute atomic E-state index is 0.847. The molecule has 9 aromatic carbocycles. The Bertz CT molecular complexity index is 3220. The molecule has 0 aliphatic carbocycles. The molecule has 0 unspecified atom stereocenters. The van der Waals surface area contributed by atoms with E-state index >= 15 is 0 Å². The fourth-order valence-electron chi connectivity index (χ4n) is 8.30. The zero-order valence-electron chi connectivity index (χ0n) is 31.0. The molecule has 0 fully saturated rings. The van der Waals surface area contributed by atoms with E-state index in [1.807, 2.05) is 6.07 Å². The van der Waals surface area contributed by atoms with Crippen LogP contribution < -0.4 is 4.90 Å². The van der Waals surface area contributed by atoms with Crippen molar-refractivity contribution in [3.63, 3.8) is 0 Å². The fourth-order valence-corrected chi connectivity index (χ4v) is 8.30. The maximum Gasteiger partial charge on any atom is 0.145 e. The minimum atomic E-state index is 0.847. The lowest BCUT2D eigenvalue weighted by molar-refractivity contribution is 0.669. The van der Waals surface area contributed by atoms with Crippen molar-refractivity contribution in [1.82, 2.24) is 0 Å². The third kappa shape index (κ3) is 5.76. The monoisotopic (exact) mass is 729 g/mol. The van der Waals surface area contributed by atoms with Crippen molar-refractivity contribution in [2.75, 3.05) is 4.90 Å². The van der Waals surface area contributed by atoms with Crippen LogP contribution in [0, 0.1) is 0 Å². The van der Waals surface area contributed by atoms with Crippen LogP contribution in [0.1, 0.15) is 0 Å². The van der Waals surface area contributed by atoms with E-state index in [4.69, 9.17) is 8.83 Å². The summed E-state index contributed by atoms with van der Waals surface area (Å²) in [4.78, 5) is 2.38. The molecule has 0 atom stereocenters. The van der Waals surface area contributed by atoms with Crippen molar-refractivity contribution >= 4 is 60.9 Å². The summed E-state index contributed by atoms with van der Waals surface area (Å²) in [6, 6.07) is 75.0. The van der Waals surface area contributed by atoms with Crippen molar-refractivity contribution in [1.29, 1.82) is 0 Å². The topological polar surface area (TPSA) is 29.5 Å². The summed E-state index contributed by atoms with van der Waals surface area (Å²) in [5, 5.41) is 4.26. The van der Waals surface area contributed by atoms with Crippen LogP contribution in [-0.2, 0) is 0 Å². The molecule has 57 heavy (non-hydrogen) atoms. The molecule has 0 aliphatic rings. The summed E-state index contributed by atoms with van der Waals surface area (Å²) < 4.78 is 13.5. The van der Waals surface area contributed by atoms with Gasteiger partial charge in [0.1, 0.15) is 22.3 Å². The Morgan fingerprint density at radius 1 is 0.298 bits per heavy atom. The van der Waals surface area contributed by atoms with Gasteiger partial charge < -0.3 is 13.7 Å². The highest BCUT2D eigenvalue weighted by Crippen LogP contribution is 2.48. The van der Waals surface area contributed by atoms with E-state index < -0.39 is 0 Å². The van der Waals surface area contributed by atoms with Crippen molar-refractivity contribution in [2.24, 2.45) is 0 Å². The van der Waals surface area contributed by atoms with Gasteiger partial charge in [0.05, 0.1) is 11.1 Å². The zero-order valence-corrected chi connectivity index (χ0v) is 31.0. The lowest BCUT2D eigenvalue weighted by Crippen LogP contribution is -2.10. The average Bonchev–Trinajstić information content (AvgIpc) is 3.86. The van der Waals surface area contributed by atoms with Crippen LogP contribution in [-0.4, -0.2) is 0 Å². The summed E-state index contributed by atoms with van der Waals surface area (Å²) in [6.45, 7) is 0. The third-order valence-corrected chi connectivity index (χ3v) is 11.1. The number of nitrogens with zero attached hydrogens (tertiary/aromatic N) is 1. The van der Waals surface area contributed by atoms with E-state index in [1.54, 1.807) is 0 Å². The lowest BCUT2D eigenvalue weighted by atomic mass is 9.98. The van der Waals surface area contributed by atoms with Crippen LogP contribution in [0.3, 0.4) is 0 Å². The number of furan rings is 2. The summed E-state index contributed by atoms with van der Waals surface area (Å²) in [6.07, 6.45) is 0. The fraction of sp³-hybridized carbons (Fsp3) is 0. The summed E-state index contributed by atoms with van der Waals surface area (Å²) >= 11 is 0. The molecular weight excluding hydrogens is 695 g/mol. The van der Waals surface area contributed by atoms with Crippen molar-refractivity contribution in [3.05, 3.63) is 212 Å². The van der Waals surface area contributed by atoms with Crippen LogP contribution >= 0.6 is 0 Å². The SMILES string of the molecule is c1ccc(-c2cccc(N(c3ccc4oc5cc(-c6ccccc6)ccc5c4c3)c3ccc(-c4ccccc4)c4oc5cc(-c6ccccc6)ccc5c34)c2)cc1. The Hall–Kier alpha value is -7.62. The first-order valence-corrected chi connectivity index (χ1v) is 19.3. The van der Waals surface area contributed by atoms with E-state index in [-0.39, 0.29) is 0 Å². The van der Waals surface area contributed by atoms with E-state index in [0.29, 0.717) is 0 Å². The Morgan fingerprint density at radius 2 is 0.825 bits per heavy atom. The largest absolute Gasteiger partial charge is 0.456 e. The van der Waals surface area contributed by atoms with Gasteiger partial charge in [-0.15, -0.1) is 0 Å². The second-order valence-electron chi connectivity index (χ2n) is 14.5. The Morgan fingerprint density at radius 3 is 1.46 bits per heavy atom. The number of benzene rings is 9. The molecule has 268 valence electrons. The molecule has 3 nitrogen and oxygen atoms in total. The Kier molecular flexibility index (Phi) is 7.82. The predicted octanol–water partition coefficient (Wildman–Crippen LogP) is 15.6. The number of anilines is 3. The molecule has 0 aliphatic heterocycles. The van der Waals surface area contributed by atoms with Crippen LogP contribution in [0.2, 0.25) is 0 Å². The van der Waals surface area contributed by atoms with Crippen LogP contribution in [0.15, 0.2) is 221 Å². The zero-order chi connectivity index (χ0) is 37.7. The Labute approximate surface area is 330 Å². The van der Waals surface area contributed by atoms with Crippen LogP contribution in [0.4, 0.5) is 17.1 Å². The molecule has 0 radical (unpaired) electrons. The van der Waals surface area contributed by atoms with Gasteiger partial charge in [0, 0.05) is 33.1 Å². The van der Waals surface area contributed by atoms with Gasteiger partial charge in [-0.05, 0) is 106 Å². The molecule has 0 bridgehead atoms. The van der Waals surface area contributed by atoms with Gasteiger partial charge in [0.15, 0.2) is 0 Å². The first kappa shape index (κ1) is 32.8. The van der Waals surface area contributed by atoms with E-state index in [0.717, 1.165) is 105 Å². The van der Waals surface area contributed by atoms with Gasteiger partial charge >= 0.3 is 0 Å². The molecule has 0 amide bonds. The average molecular weight is 730 g/mol. The molecule has 11 aromatic rings. The predicted molar refractivity (Wildman–Crippen MR) is 237 cm³/mol. The summed E-state index contributed by atoms with van der Waals surface area (Å²) in [5.74, 6) is 0. The second-order valence-corrected chi connectivity index (χ2v) is 14.5. The van der Waals surface area contributed by atoms with Gasteiger partial charge in [-0.3, -0.25) is 0 Å². The quantitative estimate of drug-likeness (QED) is 0.164. The van der Waals surface area contributed by atoms with E-state index in [2.05, 4.69) is 211 Å². The van der Waals surface area contributed by atoms with E-state index in [9.17, 15) is 0 Å². The van der Waals surface area contributed by atoms with Crippen molar-refractivity contribution in [2.45, 2.75) is 0 Å². The third-order valence-electron chi connectivity index (χ3n) is 11.1. The molecule has 0 saturated heterocycles. The summed E-state index contributed by atoms with van der Waals surface area (Å²) in [7, 11) is 0. The highest BCUT2D eigenvalue weighted by atomic mass is 16.3. The van der Waals surface area contributed by atoms with Crippen LogP contribution in [0.5, 0.6) is 0 Å². The van der Waals surface area contributed by atoms with Gasteiger partial charge in [0.25, 0.3) is 0 Å². The standard InChI is InChI=1S/C54H35NO2/c1-5-14-36(15-6-1)40-22-13-23-43(32-40)55(44-26-31-50-48(35-44)46-27-24-41(33-51(46)56-50)37-16-7-2-8-17-37)49-30-29-45(39-20-11-4-12-21-39)54-53(49)47-28-25-42(34-52(47)57-54)38-18-9-3-10-19-38/h1-35H. The van der Waals surface area contributed by atoms with Crippen LogP contribution in [0.25, 0.3) is 88.4 Å². The van der Waals surface area contributed by atoms with Crippen molar-refractivity contribution in [3.8, 4) is 44.5 Å². The molecule has 2 heterocycles. The normalized spacial score (nSPS) is 11.5. The number of hydrogen-bond donors (Lipinski definition) is 0. The molecule has 0 N–H and O–H groups in total. The maximum absolute atomic E-state index is 6.98. The van der Waals surface area contributed by atoms with Gasteiger partial charge in [-0.25, -0.2) is 0 Å². The molecule has 0 saturated carbocycles. The van der Waals surface area contributed by atoms with E-state index in [1.165, 1.54) is 0 Å². The highest BCUT2D eigenvalue weighted by molar-refractivity contribution is 6.18. The molecule has 11 rings (SSSR count). The molecule has 2 aromatic heterocycles. The Balaban J connectivity index is 1.16. The smallest absolute Gasteiger partial charge is 0.145 e. The molecule has 0 spiro atoms. The summed E-state index contributed by atoms with van der Waals surface area (Å²) in [5.41, 5.74) is 15.5. The number of rotatable bonds is 7. The number of fused-ring (bicyclic) bond motifs is 6. The minimum Gasteiger partial charge on any atom is -0.456 e. The first-order chi connectivity index (χ1) is 28.2. The lowest BCUT2D eigenvalue weighted by Gasteiger charge is -2.27. The molecule has 3 heteroatoms. The first-order valence-electron chi connectivity index (χ1n) is 19.3. The van der Waals surface area contributed by atoms with Gasteiger partial charge in [-0.2, -0.15) is 0 Å². The van der Waals surface area contributed by atoms with Gasteiger partial charge in [0.2, 0.25) is 0 Å². The molecular formula is C54H35NO2. The maximum atomic E-state index is 6.98. The second kappa shape index (κ2) is 13.6. The highest BCUT2D eigenvalue weighted by Gasteiger charge is 2.24. The van der Waals surface area contributed by atoms with Gasteiger partial charge in [-0.1, -0.05) is 146 Å². The number of hydrogen-bond acceptors (Lipinski definition) is 3.